The number of unbranched alkanes of at least 4 members (excludes halogenated alkanes) is 3. The second-order valence-electron chi connectivity index (χ2n) is 4.27. The number of hydrogen-bond acceptors (Lipinski definition) is 3. The molecule has 1 aromatic carbocycles. The minimum atomic E-state index is -3.48. The summed E-state index contributed by atoms with van der Waals surface area (Å²) in [6.07, 6.45) is 4.68. The van der Waals surface area contributed by atoms with E-state index in [2.05, 4.69) is 6.92 Å². The quantitative estimate of drug-likeness (QED) is 0.577. The van der Waals surface area contributed by atoms with Crippen LogP contribution in [-0.4, -0.2) is 18.2 Å². The van der Waals surface area contributed by atoms with Crippen LogP contribution in [0.25, 0.3) is 0 Å². The highest BCUT2D eigenvalue weighted by Crippen LogP contribution is 2.38. The molecule has 0 spiro atoms. The van der Waals surface area contributed by atoms with Gasteiger partial charge in [0.05, 0.1) is 6.61 Å². The van der Waals surface area contributed by atoms with Gasteiger partial charge in [0, 0.05) is 6.66 Å². The van der Waals surface area contributed by atoms with Crippen molar-refractivity contribution in [3.63, 3.8) is 0 Å². The Hall–Kier alpha value is -0.990. The van der Waals surface area contributed by atoms with Crippen LogP contribution in [0.4, 0.5) is 0 Å². The van der Waals surface area contributed by atoms with Gasteiger partial charge in [0.1, 0.15) is 11.5 Å². The first kappa shape index (κ1) is 15.1. The monoisotopic (exact) mass is 272 g/mol. The first-order valence-electron chi connectivity index (χ1n) is 6.24. The zero-order chi connectivity index (χ0) is 13.4. The normalized spacial score (nSPS) is 13.9. The van der Waals surface area contributed by atoms with E-state index in [1.807, 2.05) is 0 Å². The Balaban J connectivity index is 2.34. The van der Waals surface area contributed by atoms with E-state index < -0.39 is 7.60 Å². The summed E-state index contributed by atoms with van der Waals surface area (Å²) >= 11 is 0. The largest absolute Gasteiger partial charge is 0.494 e. The van der Waals surface area contributed by atoms with Crippen molar-refractivity contribution >= 4 is 7.60 Å². The molecule has 0 aromatic heterocycles. The molecule has 0 heterocycles. The average molecular weight is 272 g/mol. The van der Waals surface area contributed by atoms with E-state index in [-0.39, 0.29) is 0 Å². The SMILES string of the molecule is CCCCCCOc1ccc(OP(C)(=O)O)cc1. The molecule has 18 heavy (non-hydrogen) atoms. The van der Waals surface area contributed by atoms with Crippen molar-refractivity contribution in [2.75, 3.05) is 13.3 Å². The Morgan fingerprint density at radius 1 is 1.11 bits per heavy atom. The molecule has 0 amide bonds. The molecule has 0 radical (unpaired) electrons. The maximum Gasteiger partial charge on any atom is 0.373 e. The van der Waals surface area contributed by atoms with Gasteiger partial charge in [-0.15, -0.1) is 0 Å². The number of hydrogen-bond donors (Lipinski definition) is 1. The molecule has 0 aliphatic carbocycles. The lowest BCUT2D eigenvalue weighted by molar-refractivity contribution is 0.304. The van der Waals surface area contributed by atoms with Gasteiger partial charge in [-0.3, -0.25) is 0 Å². The third-order valence-corrected chi connectivity index (χ3v) is 2.91. The van der Waals surface area contributed by atoms with Crippen LogP contribution in [0.15, 0.2) is 24.3 Å². The van der Waals surface area contributed by atoms with Crippen molar-refractivity contribution < 1.29 is 18.7 Å². The molecule has 5 heteroatoms. The first-order chi connectivity index (χ1) is 8.51. The summed E-state index contributed by atoms with van der Waals surface area (Å²) in [5, 5.41) is 0. The van der Waals surface area contributed by atoms with Gasteiger partial charge >= 0.3 is 7.60 Å². The molecule has 1 atom stereocenters. The van der Waals surface area contributed by atoms with Crippen LogP contribution in [-0.2, 0) is 4.57 Å². The number of benzene rings is 1. The van der Waals surface area contributed by atoms with E-state index in [0.717, 1.165) is 18.8 Å². The fourth-order valence-corrected chi connectivity index (χ4v) is 2.02. The standard InChI is InChI=1S/C13H21O4P/c1-3-4-5-6-11-16-12-7-9-13(10-8-12)17-18(2,14)15/h7-10H,3-6,11H2,1-2H3,(H,14,15). The van der Waals surface area contributed by atoms with Crippen molar-refractivity contribution in [1.29, 1.82) is 0 Å². The second-order valence-corrected chi connectivity index (χ2v) is 6.06. The molecule has 0 saturated heterocycles. The summed E-state index contributed by atoms with van der Waals surface area (Å²) in [5.41, 5.74) is 0. The summed E-state index contributed by atoms with van der Waals surface area (Å²) in [7, 11) is -3.48. The van der Waals surface area contributed by atoms with Gasteiger partial charge in [0.2, 0.25) is 0 Å². The van der Waals surface area contributed by atoms with Crippen molar-refractivity contribution in [2.45, 2.75) is 32.6 Å². The van der Waals surface area contributed by atoms with Gasteiger partial charge in [-0.1, -0.05) is 26.2 Å². The van der Waals surface area contributed by atoms with Gasteiger partial charge in [0.25, 0.3) is 0 Å². The van der Waals surface area contributed by atoms with Crippen LogP contribution >= 0.6 is 7.60 Å². The highest BCUT2D eigenvalue weighted by atomic mass is 31.2. The molecular formula is C13H21O4P. The Morgan fingerprint density at radius 3 is 2.28 bits per heavy atom. The zero-order valence-corrected chi connectivity index (χ0v) is 11.9. The summed E-state index contributed by atoms with van der Waals surface area (Å²) in [6, 6.07) is 6.75. The summed E-state index contributed by atoms with van der Waals surface area (Å²) in [6.45, 7) is 4.03. The predicted octanol–water partition coefficient (Wildman–Crippen LogP) is 3.84. The molecule has 0 saturated carbocycles. The van der Waals surface area contributed by atoms with Gasteiger partial charge < -0.3 is 14.2 Å². The number of ether oxygens (including phenoxy) is 1. The highest BCUT2D eigenvalue weighted by Gasteiger charge is 2.11. The van der Waals surface area contributed by atoms with E-state index in [4.69, 9.17) is 14.2 Å². The smallest absolute Gasteiger partial charge is 0.373 e. The van der Waals surface area contributed by atoms with Crippen molar-refractivity contribution in [2.24, 2.45) is 0 Å². The Bertz CT molecular complexity index is 382. The first-order valence-corrected chi connectivity index (χ1v) is 8.26. The maximum absolute atomic E-state index is 11.0. The topological polar surface area (TPSA) is 55.8 Å². The van der Waals surface area contributed by atoms with E-state index in [1.54, 1.807) is 24.3 Å². The summed E-state index contributed by atoms with van der Waals surface area (Å²) < 4.78 is 21.5. The van der Waals surface area contributed by atoms with Crippen molar-refractivity contribution in [1.82, 2.24) is 0 Å². The Kier molecular flexibility index (Phi) is 6.23. The second kappa shape index (κ2) is 7.45. The third-order valence-electron chi connectivity index (χ3n) is 2.37. The van der Waals surface area contributed by atoms with Crippen LogP contribution in [0, 0.1) is 0 Å². The van der Waals surface area contributed by atoms with Crippen LogP contribution in [0.2, 0.25) is 0 Å². The molecule has 102 valence electrons. The summed E-state index contributed by atoms with van der Waals surface area (Å²) in [4.78, 5) is 9.07. The molecule has 1 rings (SSSR count). The highest BCUT2D eigenvalue weighted by molar-refractivity contribution is 7.52. The van der Waals surface area contributed by atoms with Gasteiger partial charge in [-0.25, -0.2) is 4.57 Å². The van der Waals surface area contributed by atoms with Gasteiger partial charge in [0.15, 0.2) is 0 Å². The van der Waals surface area contributed by atoms with Crippen molar-refractivity contribution in [3.05, 3.63) is 24.3 Å². The minimum absolute atomic E-state index is 0.377. The third kappa shape index (κ3) is 6.67. The lowest BCUT2D eigenvalue weighted by atomic mass is 10.2. The summed E-state index contributed by atoms with van der Waals surface area (Å²) in [5.74, 6) is 1.13. The molecule has 1 aromatic rings. The molecule has 1 unspecified atom stereocenters. The zero-order valence-electron chi connectivity index (χ0n) is 11.0. The van der Waals surface area contributed by atoms with Crippen LogP contribution in [0.1, 0.15) is 32.6 Å². The number of rotatable bonds is 8. The van der Waals surface area contributed by atoms with Gasteiger partial charge in [-0.2, -0.15) is 0 Å². The lowest BCUT2D eigenvalue weighted by Gasteiger charge is -2.10. The lowest BCUT2D eigenvalue weighted by Crippen LogP contribution is -1.97. The minimum Gasteiger partial charge on any atom is -0.494 e. The maximum atomic E-state index is 11.0. The van der Waals surface area contributed by atoms with E-state index in [9.17, 15) is 4.57 Å². The van der Waals surface area contributed by atoms with E-state index >= 15 is 0 Å². The molecule has 0 aliphatic heterocycles. The predicted molar refractivity (Wildman–Crippen MR) is 72.5 cm³/mol. The molecule has 0 fully saturated rings. The van der Waals surface area contributed by atoms with Crippen LogP contribution in [0.5, 0.6) is 11.5 Å². The fourth-order valence-electron chi connectivity index (χ4n) is 1.51. The molecule has 4 nitrogen and oxygen atoms in total. The molecular weight excluding hydrogens is 251 g/mol. The molecule has 1 N–H and O–H groups in total. The van der Waals surface area contributed by atoms with Gasteiger partial charge in [-0.05, 0) is 30.7 Å². The van der Waals surface area contributed by atoms with Crippen molar-refractivity contribution in [3.8, 4) is 11.5 Å². The van der Waals surface area contributed by atoms with Crippen LogP contribution in [0.3, 0.4) is 0 Å². The fraction of sp³-hybridized carbons (Fsp3) is 0.538. The Labute approximate surface area is 108 Å². The van der Waals surface area contributed by atoms with E-state index in [0.29, 0.717) is 12.4 Å². The van der Waals surface area contributed by atoms with Crippen LogP contribution < -0.4 is 9.26 Å². The average Bonchev–Trinajstić information content (AvgIpc) is 2.29. The molecule has 0 bridgehead atoms. The van der Waals surface area contributed by atoms with E-state index in [1.165, 1.54) is 19.3 Å². The Morgan fingerprint density at radius 2 is 1.72 bits per heavy atom. The molecule has 0 aliphatic rings.